The minimum atomic E-state index is -0.0548. The Labute approximate surface area is 96.2 Å². The van der Waals surface area contributed by atoms with Gasteiger partial charge in [0.05, 0.1) is 6.54 Å². The van der Waals surface area contributed by atoms with Crippen LogP contribution in [0.2, 0.25) is 0 Å². The number of carbonyl (C=O) groups is 1. The second-order valence-electron chi connectivity index (χ2n) is 3.37. The lowest BCUT2D eigenvalue weighted by molar-refractivity contribution is -0.114. The summed E-state index contributed by atoms with van der Waals surface area (Å²) in [5, 5.41) is 5.99. The maximum Gasteiger partial charge on any atom is 0.221 e. The average Bonchev–Trinajstić information content (AvgIpc) is 2.26. The van der Waals surface area contributed by atoms with Crippen molar-refractivity contribution in [2.75, 3.05) is 11.9 Å². The fraction of sp³-hybridized carbons (Fsp3) is 0.308. The minimum absolute atomic E-state index is 0.0548. The Kier molecular flexibility index (Phi) is 5.10. The molecule has 0 aliphatic carbocycles. The van der Waals surface area contributed by atoms with Gasteiger partial charge in [-0.2, -0.15) is 0 Å². The molecule has 0 aliphatic rings. The van der Waals surface area contributed by atoms with Crippen LogP contribution in [-0.2, 0) is 11.3 Å². The fourth-order valence-electron chi connectivity index (χ4n) is 1.33. The van der Waals surface area contributed by atoms with Gasteiger partial charge >= 0.3 is 0 Å². The number of carbonyl (C=O) groups excluding carboxylic acids is 1. The zero-order chi connectivity index (χ0) is 11.8. The number of para-hydroxylation sites is 1. The predicted octanol–water partition coefficient (Wildman–Crippen LogP) is 1.76. The fourth-order valence-corrected chi connectivity index (χ4v) is 1.33. The Bertz CT molecular complexity index is 415. The molecule has 1 rings (SSSR count). The van der Waals surface area contributed by atoms with Gasteiger partial charge in [-0.05, 0) is 18.6 Å². The van der Waals surface area contributed by atoms with Crippen molar-refractivity contribution in [2.45, 2.75) is 20.4 Å². The van der Waals surface area contributed by atoms with E-state index in [0.717, 1.165) is 11.3 Å². The van der Waals surface area contributed by atoms with Crippen LogP contribution in [0.3, 0.4) is 0 Å². The first-order valence-corrected chi connectivity index (χ1v) is 5.20. The number of benzene rings is 1. The molecule has 0 heterocycles. The Balaban J connectivity index is 2.62. The van der Waals surface area contributed by atoms with Crippen molar-refractivity contribution in [1.29, 1.82) is 0 Å². The lowest BCUT2D eigenvalue weighted by atomic mass is 10.1. The molecule has 3 heteroatoms. The monoisotopic (exact) mass is 216 g/mol. The number of nitrogens with one attached hydrogen (secondary N) is 2. The van der Waals surface area contributed by atoms with Gasteiger partial charge in [0, 0.05) is 19.2 Å². The van der Waals surface area contributed by atoms with E-state index in [1.54, 1.807) is 0 Å². The molecule has 0 bridgehead atoms. The largest absolute Gasteiger partial charge is 0.326 e. The quantitative estimate of drug-likeness (QED) is 0.595. The van der Waals surface area contributed by atoms with Gasteiger partial charge in [-0.15, -0.1) is 5.92 Å². The maximum atomic E-state index is 11.0. The molecule has 0 aliphatic heterocycles. The first-order valence-electron chi connectivity index (χ1n) is 5.20. The van der Waals surface area contributed by atoms with Gasteiger partial charge in [0.2, 0.25) is 5.91 Å². The standard InChI is InChI=1S/C13H16N2O/c1-3-4-9-14-10-12-7-5-6-8-13(12)15-11(2)16/h5-8,14H,9-10H2,1-2H3,(H,15,16). The molecule has 0 fully saturated rings. The summed E-state index contributed by atoms with van der Waals surface area (Å²) in [6.07, 6.45) is 0. The second-order valence-corrected chi connectivity index (χ2v) is 3.37. The van der Waals surface area contributed by atoms with Crippen LogP contribution in [0, 0.1) is 11.8 Å². The van der Waals surface area contributed by atoms with Crippen molar-refractivity contribution in [3.05, 3.63) is 29.8 Å². The molecule has 0 saturated carbocycles. The van der Waals surface area contributed by atoms with Gasteiger partial charge in [0.25, 0.3) is 0 Å². The van der Waals surface area contributed by atoms with Gasteiger partial charge in [-0.1, -0.05) is 24.1 Å². The zero-order valence-electron chi connectivity index (χ0n) is 9.63. The summed E-state index contributed by atoms with van der Waals surface area (Å²) in [7, 11) is 0. The van der Waals surface area contributed by atoms with E-state index in [4.69, 9.17) is 0 Å². The van der Waals surface area contributed by atoms with E-state index < -0.39 is 0 Å². The number of amides is 1. The molecule has 16 heavy (non-hydrogen) atoms. The highest BCUT2D eigenvalue weighted by Gasteiger charge is 2.01. The summed E-state index contributed by atoms with van der Waals surface area (Å²) in [4.78, 5) is 11.0. The SMILES string of the molecule is CC#CCNCc1ccccc1NC(C)=O. The topological polar surface area (TPSA) is 41.1 Å². The molecular weight excluding hydrogens is 200 g/mol. The van der Waals surface area contributed by atoms with Crippen molar-refractivity contribution in [3.8, 4) is 11.8 Å². The molecule has 0 unspecified atom stereocenters. The molecule has 0 spiro atoms. The van der Waals surface area contributed by atoms with Crippen LogP contribution < -0.4 is 10.6 Å². The zero-order valence-corrected chi connectivity index (χ0v) is 9.63. The van der Waals surface area contributed by atoms with Crippen molar-refractivity contribution < 1.29 is 4.79 Å². The molecule has 0 atom stereocenters. The molecule has 1 aromatic carbocycles. The van der Waals surface area contributed by atoms with Gasteiger partial charge in [0.15, 0.2) is 0 Å². The highest BCUT2D eigenvalue weighted by Crippen LogP contribution is 2.14. The van der Waals surface area contributed by atoms with E-state index in [0.29, 0.717) is 13.1 Å². The Morgan fingerprint density at radius 2 is 2.12 bits per heavy atom. The Morgan fingerprint density at radius 1 is 1.38 bits per heavy atom. The van der Waals surface area contributed by atoms with Crippen LogP contribution in [0.25, 0.3) is 0 Å². The molecular formula is C13H16N2O. The summed E-state index contributed by atoms with van der Waals surface area (Å²) in [6.45, 7) is 4.68. The highest BCUT2D eigenvalue weighted by molar-refractivity contribution is 5.89. The summed E-state index contributed by atoms with van der Waals surface area (Å²) in [5.41, 5.74) is 1.92. The first-order chi connectivity index (χ1) is 7.74. The van der Waals surface area contributed by atoms with E-state index >= 15 is 0 Å². The number of rotatable bonds is 4. The maximum absolute atomic E-state index is 11.0. The van der Waals surface area contributed by atoms with Crippen LogP contribution in [0.15, 0.2) is 24.3 Å². The second kappa shape index (κ2) is 6.65. The Hall–Kier alpha value is -1.79. The normalized spacial score (nSPS) is 9.12. The Morgan fingerprint density at radius 3 is 2.81 bits per heavy atom. The van der Waals surface area contributed by atoms with E-state index in [9.17, 15) is 4.79 Å². The van der Waals surface area contributed by atoms with E-state index in [1.807, 2.05) is 31.2 Å². The number of anilines is 1. The van der Waals surface area contributed by atoms with Crippen LogP contribution in [-0.4, -0.2) is 12.5 Å². The van der Waals surface area contributed by atoms with Crippen molar-refractivity contribution in [1.82, 2.24) is 5.32 Å². The third-order valence-corrected chi connectivity index (χ3v) is 2.03. The van der Waals surface area contributed by atoms with Gasteiger partial charge in [-0.3, -0.25) is 4.79 Å². The van der Waals surface area contributed by atoms with Crippen molar-refractivity contribution in [2.24, 2.45) is 0 Å². The number of hydrogen-bond donors (Lipinski definition) is 2. The van der Waals surface area contributed by atoms with Gasteiger partial charge in [0.1, 0.15) is 0 Å². The number of hydrogen-bond acceptors (Lipinski definition) is 2. The highest BCUT2D eigenvalue weighted by atomic mass is 16.1. The molecule has 2 N–H and O–H groups in total. The minimum Gasteiger partial charge on any atom is -0.326 e. The molecule has 3 nitrogen and oxygen atoms in total. The molecule has 84 valence electrons. The lowest BCUT2D eigenvalue weighted by Crippen LogP contribution is -2.16. The molecule has 0 aromatic heterocycles. The first kappa shape index (κ1) is 12.3. The van der Waals surface area contributed by atoms with Crippen molar-refractivity contribution >= 4 is 11.6 Å². The van der Waals surface area contributed by atoms with Gasteiger partial charge in [-0.25, -0.2) is 0 Å². The molecule has 0 radical (unpaired) electrons. The third kappa shape index (κ3) is 4.16. The van der Waals surface area contributed by atoms with Crippen LogP contribution in [0.5, 0.6) is 0 Å². The van der Waals surface area contributed by atoms with Crippen LogP contribution in [0.4, 0.5) is 5.69 Å². The van der Waals surface area contributed by atoms with Gasteiger partial charge < -0.3 is 10.6 Å². The summed E-state index contributed by atoms with van der Waals surface area (Å²) >= 11 is 0. The summed E-state index contributed by atoms with van der Waals surface area (Å²) < 4.78 is 0. The lowest BCUT2D eigenvalue weighted by Gasteiger charge is -2.09. The molecule has 0 saturated heterocycles. The average molecular weight is 216 g/mol. The smallest absolute Gasteiger partial charge is 0.221 e. The van der Waals surface area contributed by atoms with E-state index in [1.165, 1.54) is 6.92 Å². The van der Waals surface area contributed by atoms with Crippen LogP contribution in [0.1, 0.15) is 19.4 Å². The van der Waals surface area contributed by atoms with E-state index in [-0.39, 0.29) is 5.91 Å². The third-order valence-electron chi connectivity index (χ3n) is 2.03. The van der Waals surface area contributed by atoms with E-state index in [2.05, 4.69) is 22.5 Å². The van der Waals surface area contributed by atoms with Crippen molar-refractivity contribution in [3.63, 3.8) is 0 Å². The molecule has 1 aromatic rings. The summed E-state index contributed by atoms with van der Waals surface area (Å²) in [6, 6.07) is 7.73. The molecule has 1 amide bonds. The van der Waals surface area contributed by atoms with Crippen LogP contribution >= 0.6 is 0 Å². The summed E-state index contributed by atoms with van der Waals surface area (Å²) in [5.74, 6) is 5.69. The predicted molar refractivity (Wildman–Crippen MR) is 65.9 cm³/mol.